The molecular weight excluding hydrogens is 475 g/mol. The molecule has 3 aliphatic carbocycles. The number of hydrogen-bond acceptors (Lipinski definition) is 1. The molecule has 0 fully saturated rings. The number of Topliss-reactive ketones (excluding diaryl/α,β-unsaturated/α-hetero) is 1. The summed E-state index contributed by atoms with van der Waals surface area (Å²) in [5.41, 5.74) is 6.66. The zero-order chi connectivity index (χ0) is 16.4. The third kappa shape index (κ3) is 2.07. The van der Waals surface area contributed by atoms with Crippen LogP contribution >= 0.6 is 38.5 Å². The summed E-state index contributed by atoms with van der Waals surface area (Å²) in [6.07, 6.45) is 5.54. The van der Waals surface area contributed by atoms with Crippen molar-refractivity contribution in [3.05, 3.63) is 78.3 Å². The van der Waals surface area contributed by atoms with Crippen molar-refractivity contribution in [3.63, 3.8) is 0 Å². The Morgan fingerprint density at radius 1 is 1.08 bits per heavy atom. The molecule has 0 heterocycles. The fraction of sp³-hybridized carbons (Fsp3) is 0.286. The minimum atomic E-state index is 0.116. The van der Waals surface area contributed by atoms with E-state index in [0.717, 1.165) is 32.9 Å². The zero-order valence-electron chi connectivity index (χ0n) is 13.1. The molecule has 0 spiro atoms. The summed E-state index contributed by atoms with van der Waals surface area (Å²) in [6.45, 7) is 0. The number of fused-ring (bicyclic) bond motifs is 7. The maximum absolute atomic E-state index is 13.0. The minimum absolute atomic E-state index is 0.116. The van der Waals surface area contributed by atoms with Gasteiger partial charge in [-0.1, -0.05) is 35.9 Å². The molecule has 3 heteroatoms. The van der Waals surface area contributed by atoms with E-state index >= 15 is 0 Å². The van der Waals surface area contributed by atoms with Crippen molar-refractivity contribution < 1.29 is 4.79 Å². The topological polar surface area (TPSA) is 17.1 Å². The Morgan fingerprint density at radius 2 is 1.92 bits per heavy atom. The molecule has 0 N–H and O–H groups in total. The normalized spacial score (nSPS) is 27.0. The fourth-order valence-electron chi connectivity index (χ4n) is 4.93. The minimum Gasteiger partial charge on any atom is -0.294 e. The van der Waals surface area contributed by atoms with Gasteiger partial charge in [-0.15, -0.1) is 0 Å². The standard InChI is InChI=1S/C21H16BrIO/c22-17-9-15-16(10-18(17)23)21(24)14-8-7-12-6-5-11-3-1-2-4-13(11)19(12)20(14)15/h1-4,7,9-10,14,19-20H,5-6,8H2/t14-,19-,20+/m1/s1. The lowest BCUT2D eigenvalue weighted by molar-refractivity contribution is 0.0915. The average Bonchev–Trinajstić information content (AvgIpc) is 2.87. The van der Waals surface area contributed by atoms with Gasteiger partial charge in [-0.25, -0.2) is 0 Å². The Kier molecular flexibility index (Phi) is 3.53. The van der Waals surface area contributed by atoms with Crippen LogP contribution in [-0.4, -0.2) is 5.78 Å². The first-order chi connectivity index (χ1) is 11.6. The summed E-state index contributed by atoms with van der Waals surface area (Å²) in [6, 6.07) is 13.1. The molecule has 3 aliphatic rings. The van der Waals surface area contributed by atoms with Crippen molar-refractivity contribution in [1.29, 1.82) is 0 Å². The van der Waals surface area contributed by atoms with Crippen LogP contribution in [-0.2, 0) is 6.42 Å². The van der Waals surface area contributed by atoms with Crippen LogP contribution in [0.25, 0.3) is 0 Å². The molecule has 0 radical (unpaired) electrons. The lowest BCUT2D eigenvalue weighted by Gasteiger charge is -2.39. The summed E-state index contributed by atoms with van der Waals surface area (Å²) in [7, 11) is 0. The van der Waals surface area contributed by atoms with Crippen LogP contribution in [0.15, 0.2) is 52.5 Å². The molecule has 1 nitrogen and oxygen atoms in total. The number of allylic oxidation sites excluding steroid dienone is 2. The van der Waals surface area contributed by atoms with E-state index < -0.39 is 0 Å². The number of carbonyl (C=O) groups is 1. The van der Waals surface area contributed by atoms with E-state index in [1.807, 2.05) is 0 Å². The number of benzene rings is 2. The fourth-order valence-corrected chi connectivity index (χ4v) is 5.76. The summed E-state index contributed by atoms with van der Waals surface area (Å²) in [5, 5.41) is 0. The molecular formula is C21H16BrIO. The highest BCUT2D eigenvalue weighted by Crippen LogP contribution is 2.56. The molecule has 5 rings (SSSR count). The van der Waals surface area contributed by atoms with Crippen molar-refractivity contribution >= 4 is 44.3 Å². The summed E-state index contributed by atoms with van der Waals surface area (Å²) in [5.74, 6) is 1.15. The van der Waals surface area contributed by atoms with Crippen LogP contribution in [0, 0.1) is 9.49 Å². The van der Waals surface area contributed by atoms with Crippen LogP contribution in [0.1, 0.15) is 51.7 Å². The van der Waals surface area contributed by atoms with Gasteiger partial charge in [-0.2, -0.15) is 0 Å². The second-order valence-corrected chi connectivity index (χ2v) is 9.06. The van der Waals surface area contributed by atoms with Crippen molar-refractivity contribution in [1.82, 2.24) is 0 Å². The lowest BCUT2D eigenvalue weighted by Crippen LogP contribution is -2.28. The SMILES string of the molecule is O=C1c2cc(I)c(Br)cc2[C@H]2[C@@H]3C(=CC[C@@H]12)CCc1ccccc13. The maximum atomic E-state index is 13.0. The Bertz CT molecular complexity index is 914. The predicted molar refractivity (Wildman–Crippen MR) is 108 cm³/mol. The second kappa shape index (κ2) is 5.53. The third-order valence-electron chi connectivity index (χ3n) is 5.95. The Morgan fingerprint density at radius 3 is 2.79 bits per heavy atom. The van der Waals surface area contributed by atoms with Crippen molar-refractivity contribution in [2.75, 3.05) is 0 Å². The number of halogens is 2. The van der Waals surface area contributed by atoms with E-state index in [-0.39, 0.29) is 5.92 Å². The van der Waals surface area contributed by atoms with E-state index in [9.17, 15) is 4.79 Å². The molecule has 0 saturated carbocycles. The predicted octanol–water partition coefficient (Wildman–Crippen LogP) is 6.01. The molecule has 120 valence electrons. The van der Waals surface area contributed by atoms with Crippen LogP contribution < -0.4 is 0 Å². The van der Waals surface area contributed by atoms with Gasteiger partial charge in [-0.05, 0) is 86.6 Å². The molecule has 0 aliphatic heterocycles. The molecule has 0 saturated heterocycles. The van der Waals surface area contributed by atoms with Gasteiger partial charge in [0.15, 0.2) is 5.78 Å². The number of ketones is 1. The van der Waals surface area contributed by atoms with Gasteiger partial charge in [-0.3, -0.25) is 4.79 Å². The lowest BCUT2D eigenvalue weighted by atomic mass is 9.64. The van der Waals surface area contributed by atoms with Crippen LogP contribution in [0.2, 0.25) is 0 Å². The van der Waals surface area contributed by atoms with Crippen LogP contribution in [0.4, 0.5) is 0 Å². The molecule has 2 aromatic rings. The quantitative estimate of drug-likeness (QED) is 0.326. The molecule has 24 heavy (non-hydrogen) atoms. The highest BCUT2D eigenvalue weighted by Gasteiger charge is 2.48. The van der Waals surface area contributed by atoms with E-state index in [2.05, 4.69) is 81.0 Å². The monoisotopic (exact) mass is 490 g/mol. The maximum Gasteiger partial charge on any atom is 0.167 e. The molecule has 2 aromatic carbocycles. The van der Waals surface area contributed by atoms with E-state index in [0.29, 0.717) is 17.6 Å². The van der Waals surface area contributed by atoms with Gasteiger partial charge in [0.2, 0.25) is 0 Å². The van der Waals surface area contributed by atoms with Gasteiger partial charge >= 0.3 is 0 Å². The first kappa shape index (κ1) is 15.3. The van der Waals surface area contributed by atoms with Gasteiger partial charge in [0.25, 0.3) is 0 Å². The van der Waals surface area contributed by atoms with Gasteiger partial charge < -0.3 is 0 Å². The second-order valence-electron chi connectivity index (χ2n) is 7.04. The summed E-state index contributed by atoms with van der Waals surface area (Å²) >= 11 is 5.98. The molecule has 0 bridgehead atoms. The third-order valence-corrected chi connectivity index (χ3v) is 8.24. The van der Waals surface area contributed by atoms with E-state index in [1.54, 1.807) is 5.57 Å². The Balaban J connectivity index is 1.74. The van der Waals surface area contributed by atoms with Crippen molar-refractivity contribution in [3.8, 4) is 0 Å². The van der Waals surface area contributed by atoms with E-state index in [1.165, 1.54) is 16.7 Å². The first-order valence-electron chi connectivity index (χ1n) is 8.45. The number of hydrogen-bond donors (Lipinski definition) is 0. The molecule has 0 unspecified atom stereocenters. The van der Waals surface area contributed by atoms with Gasteiger partial charge in [0, 0.05) is 31.4 Å². The first-order valence-corrected chi connectivity index (χ1v) is 10.3. The average molecular weight is 491 g/mol. The number of carbonyl (C=O) groups excluding carboxylic acids is 1. The van der Waals surface area contributed by atoms with Crippen LogP contribution in [0.5, 0.6) is 0 Å². The molecule has 0 amide bonds. The smallest absolute Gasteiger partial charge is 0.167 e. The Labute approximate surface area is 163 Å². The van der Waals surface area contributed by atoms with Gasteiger partial charge in [0.05, 0.1) is 0 Å². The number of rotatable bonds is 0. The van der Waals surface area contributed by atoms with Gasteiger partial charge in [0.1, 0.15) is 0 Å². The Hall–Kier alpha value is -0.940. The molecule has 0 aromatic heterocycles. The highest BCUT2D eigenvalue weighted by molar-refractivity contribution is 14.1. The largest absolute Gasteiger partial charge is 0.294 e. The van der Waals surface area contributed by atoms with E-state index in [4.69, 9.17) is 0 Å². The van der Waals surface area contributed by atoms with Crippen molar-refractivity contribution in [2.45, 2.75) is 31.1 Å². The highest BCUT2D eigenvalue weighted by atomic mass is 127. The summed E-state index contributed by atoms with van der Waals surface area (Å²) in [4.78, 5) is 13.0. The summed E-state index contributed by atoms with van der Waals surface area (Å²) < 4.78 is 2.23. The van der Waals surface area contributed by atoms with Crippen molar-refractivity contribution in [2.24, 2.45) is 5.92 Å². The number of aryl methyl sites for hydroxylation is 1. The van der Waals surface area contributed by atoms with Crippen LogP contribution in [0.3, 0.4) is 0 Å². The zero-order valence-corrected chi connectivity index (χ0v) is 16.8. The molecule has 3 atom stereocenters.